The zero-order valence-corrected chi connectivity index (χ0v) is 20.2. The normalized spacial score (nSPS) is 11.8. The highest BCUT2D eigenvalue weighted by molar-refractivity contribution is 8.10. The van der Waals surface area contributed by atoms with Crippen molar-refractivity contribution in [2.45, 2.75) is 5.03 Å². The quantitative estimate of drug-likeness (QED) is 0.343. The molecule has 0 unspecified atom stereocenters. The molecule has 0 saturated heterocycles. The van der Waals surface area contributed by atoms with Crippen molar-refractivity contribution < 1.29 is 8.95 Å². The van der Waals surface area contributed by atoms with Gasteiger partial charge >= 0.3 is 0 Å². The third-order valence-corrected chi connectivity index (χ3v) is 7.75. The van der Waals surface area contributed by atoms with Crippen LogP contribution in [0.4, 0.5) is 0 Å². The van der Waals surface area contributed by atoms with Crippen LogP contribution < -0.4 is 0 Å². The first kappa shape index (κ1) is 23.6. The second-order valence-corrected chi connectivity index (χ2v) is 10.2. The van der Waals surface area contributed by atoms with Crippen LogP contribution in [-0.2, 0) is 22.6 Å². The van der Waals surface area contributed by atoms with Crippen LogP contribution in [0.25, 0.3) is 33.4 Å². The minimum absolute atomic E-state index is 0.254. The van der Waals surface area contributed by atoms with Crippen molar-refractivity contribution in [2.75, 3.05) is 24.6 Å². The average Bonchev–Trinajstić information content (AvgIpc) is 3.24. The Labute approximate surface area is 203 Å². The van der Waals surface area contributed by atoms with Gasteiger partial charge in [0.15, 0.2) is 5.65 Å². The van der Waals surface area contributed by atoms with Crippen LogP contribution in [0, 0.1) is 22.7 Å². The Morgan fingerprint density at radius 3 is 2.62 bits per heavy atom. The smallest absolute Gasteiger partial charge is 0.181 e. The maximum Gasteiger partial charge on any atom is 0.181 e. The van der Waals surface area contributed by atoms with Crippen LogP contribution in [0.3, 0.4) is 0 Å². The summed E-state index contributed by atoms with van der Waals surface area (Å²) in [5, 5.41) is 26.0. The highest BCUT2D eigenvalue weighted by Crippen LogP contribution is 2.38. The first-order valence-corrected chi connectivity index (χ1v) is 12.7. The summed E-state index contributed by atoms with van der Waals surface area (Å²) in [4.78, 5) is 9.14. The predicted molar refractivity (Wildman–Crippen MR) is 132 cm³/mol. The van der Waals surface area contributed by atoms with Gasteiger partial charge in [-0.15, -0.1) is 0 Å². The summed E-state index contributed by atoms with van der Waals surface area (Å²) in [6.45, 7) is 0.385. The molecule has 0 saturated carbocycles. The van der Waals surface area contributed by atoms with E-state index in [-0.39, 0.29) is 16.2 Å². The topological polar surface area (TPSA) is 117 Å². The maximum absolute atomic E-state index is 12.4. The van der Waals surface area contributed by atoms with Crippen LogP contribution in [-0.4, -0.2) is 48.5 Å². The summed E-state index contributed by atoms with van der Waals surface area (Å²) in [5.74, 6) is 0.391. The number of ether oxygens (including phenoxy) is 1. The molecule has 3 heterocycles. The molecule has 0 fully saturated rings. The zero-order chi connectivity index (χ0) is 24.1. The molecule has 1 atom stereocenters. The third-order valence-electron chi connectivity index (χ3n) is 5.04. The largest absolute Gasteiger partial charge is 0.384 e. The van der Waals surface area contributed by atoms with E-state index >= 15 is 0 Å². The molecule has 0 aliphatic carbocycles. The second kappa shape index (κ2) is 10.6. The second-order valence-electron chi connectivity index (χ2n) is 7.32. The van der Waals surface area contributed by atoms with Crippen LogP contribution >= 0.6 is 11.8 Å². The van der Waals surface area contributed by atoms with Gasteiger partial charge in [0, 0.05) is 59.6 Å². The predicted octanol–water partition coefficient (Wildman–Crippen LogP) is 3.89. The van der Waals surface area contributed by atoms with E-state index in [4.69, 9.17) is 9.72 Å². The molecule has 8 nitrogen and oxygen atoms in total. The molecule has 34 heavy (non-hydrogen) atoms. The van der Waals surface area contributed by atoms with Crippen molar-refractivity contribution >= 4 is 33.6 Å². The summed E-state index contributed by atoms with van der Waals surface area (Å²) in [5.41, 5.74) is 3.46. The minimum atomic E-state index is -1.16. The van der Waals surface area contributed by atoms with E-state index in [9.17, 15) is 14.7 Å². The fourth-order valence-electron chi connectivity index (χ4n) is 3.50. The van der Waals surface area contributed by atoms with E-state index in [1.54, 1.807) is 18.0 Å². The Hall–Kier alpha value is -3.57. The lowest BCUT2D eigenvalue weighted by Gasteiger charge is -2.15. The highest BCUT2D eigenvalue weighted by atomic mass is 32.2. The average molecular weight is 489 g/mol. The number of benzene rings is 1. The molecule has 0 aliphatic rings. The SMILES string of the molecule is COCC[S@@](=O)CSc1nc(-c2cnc3nn(C)cc3c2)c(C#N)c(-c2ccccc2)c1C#N. The standard InChI is InChI=1S/C24H20N6O2S2/c1-30-14-18-10-17(13-27-23(18)29-30)22-19(11-25)21(16-6-4-3-5-7-16)20(12-26)24(28-22)33-15-34(31)9-8-32-2/h3-7,10,13-14H,8-9,15H2,1-2H3/t34-/m1/s1. The molecule has 10 heteroatoms. The van der Waals surface area contributed by atoms with Gasteiger partial charge in [-0.25, -0.2) is 9.97 Å². The Kier molecular flexibility index (Phi) is 7.33. The molecule has 0 bridgehead atoms. The molecule has 0 radical (unpaired) electrons. The molecule has 3 aromatic heterocycles. The molecule has 0 amide bonds. The Balaban J connectivity index is 1.91. The monoisotopic (exact) mass is 488 g/mol. The van der Waals surface area contributed by atoms with Crippen LogP contribution in [0.15, 0.2) is 53.8 Å². The minimum Gasteiger partial charge on any atom is -0.384 e. The third kappa shape index (κ3) is 4.85. The molecule has 0 aliphatic heterocycles. The zero-order valence-electron chi connectivity index (χ0n) is 18.6. The number of rotatable bonds is 8. The van der Waals surface area contributed by atoms with E-state index in [2.05, 4.69) is 22.2 Å². The maximum atomic E-state index is 12.4. The molecular weight excluding hydrogens is 468 g/mol. The van der Waals surface area contributed by atoms with Gasteiger partial charge in [0.1, 0.15) is 17.2 Å². The van der Waals surface area contributed by atoms with Crippen LogP contribution in [0.2, 0.25) is 0 Å². The summed E-state index contributed by atoms with van der Waals surface area (Å²) in [6.07, 6.45) is 3.47. The van der Waals surface area contributed by atoms with Crippen molar-refractivity contribution in [2.24, 2.45) is 7.05 Å². The molecular formula is C24H20N6O2S2. The molecule has 4 aromatic rings. The van der Waals surface area contributed by atoms with Gasteiger partial charge in [-0.1, -0.05) is 42.1 Å². The van der Waals surface area contributed by atoms with Gasteiger partial charge in [-0.2, -0.15) is 15.6 Å². The lowest BCUT2D eigenvalue weighted by atomic mass is 9.93. The van der Waals surface area contributed by atoms with Crippen LogP contribution in [0.5, 0.6) is 0 Å². The molecule has 1 aromatic carbocycles. The number of aryl methyl sites for hydroxylation is 1. The lowest BCUT2D eigenvalue weighted by Crippen LogP contribution is -2.07. The lowest BCUT2D eigenvalue weighted by molar-refractivity contribution is 0.218. The number of hydrogen-bond donors (Lipinski definition) is 0. The molecule has 0 N–H and O–H groups in total. The van der Waals surface area contributed by atoms with Crippen LogP contribution in [0.1, 0.15) is 11.1 Å². The fraction of sp³-hybridized carbons (Fsp3) is 0.208. The van der Waals surface area contributed by atoms with Gasteiger partial charge in [0.05, 0.1) is 28.5 Å². The van der Waals surface area contributed by atoms with E-state index in [1.807, 2.05) is 49.6 Å². The molecule has 170 valence electrons. The van der Waals surface area contributed by atoms with E-state index in [1.165, 1.54) is 11.8 Å². The van der Waals surface area contributed by atoms with Gasteiger partial charge in [0.2, 0.25) is 0 Å². The van der Waals surface area contributed by atoms with Gasteiger partial charge in [0.25, 0.3) is 0 Å². The molecule has 0 spiro atoms. The van der Waals surface area contributed by atoms with Crippen molar-refractivity contribution in [3.8, 4) is 34.5 Å². The van der Waals surface area contributed by atoms with Gasteiger partial charge < -0.3 is 4.74 Å². The van der Waals surface area contributed by atoms with E-state index < -0.39 is 10.8 Å². The number of nitriles is 2. The number of methoxy groups -OCH3 is 1. The van der Waals surface area contributed by atoms with E-state index in [0.717, 1.165) is 10.9 Å². The summed E-state index contributed by atoms with van der Waals surface area (Å²) in [7, 11) is 2.22. The van der Waals surface area contributed by atoms with E-state index in [0.29, 0.717) is 39.9 Å². The highest BCUT2D eigenvalue weighted by Gasteiger charge is 2.23. The van der Waals surface area contributed by atoms with Crippen molar-refractivity contribution in [3.63, 3.8) is 0 Å². The van der Waals surface area contributed by atoms with Gasteiger partial charge in [-0.05, 0) is 11.6 Å². The number of pyridine rings is 2. The summed E-state index contributed by atoms with van der Waals surface area (Å²) in [6, 6.07) is 15.7. The van der Waals surface area contributed by atoms with Crippen molar-refractivity contribution in [1.29, 1.82) is 10.5 Å². The number of nitrogens with zero attached hydrogens (tertiary/aromatic N) is 6. The number of fused-ring (bicyclic) bond motifs is 1. The number of hydrogen-bond acceptors (Lipinski definition) is 8. The first-order valence-electron chi connectivity index (χ1n) is 10.3. The number of aromatic nitrogens is 4. The fourth-order valence-corrected chi connectivity index (χ4v) is 5.75. The summed E-state index contributed by atoms with van der Waals surface area (Å²) < 4.78 is 19.1. The Morgan fingerprint density at radius 1 is 1.15 bits per heavy atom. The van der Waals surface area contributed by atoms with Crippen molar-refractivity contribution in [3.05, 3.63) is 59.9 Å². The van der Waals surface area contributed by atoms with Crippen molar-refractivity contribution in [1.82, 2.24) is 19.7 Å². The molecule has 4 rings (SSSR count). The Morgan fingerprint density at radius 2 is 1.91 bits per heavy atom. The number of thioether (sulfide) groups is 1. The summed E-state index contributed by atoms with van der Waals surface area (Å²) >= 11 is 1.24. The Bertz CT molecular complexity index is 1450. The van der Waals surface area contributed by atoms with Gasteiger partial charge in [-0.3, -0.25) is 8.89 Å². The first-order chi connectivity index (χ1) is 16.5.